The molecular formula is C10H21N3O2. The quantitative estimate of drug-likeness (QED) is 0.313. The summed E-state index contributed by atoms with van der Waals surface area (Å²) >= 11 is 0. The van der Waals surface area contributed by atoms with Crippen molar-refractivity contribution in [2.24, 2.45) is 10.9 Å². The van der Waals surface area contributed by atoms with Gasteiger partial charge < -0.3 is 15.7 Å². The number of morpholine rings is 1. The van der Waals surface area contributed by atoms with Crippen LogP contribution in [0.4, 0.5) is 0 Å². The Hall–Kier alpha value is -0.810. The van der Waals surface area contributed by atoms with Crippen molar-refractivity contribution in [2.75, 3.05) is 13.1 Å². The summed E-state index contributed by atoms with van der Waals surface area (Å²) in [6.45, 7) is 7.79. The van der Waals surface area contributed by atoms with Crippen molar-refractivity contribution in [2.45, 2.75) is 45.4 Å². The van der Waals surface area contributed by atoms with E-state index >= 15 is 0 Å². The molecule has 5 heteroatoms. The van der Waals surface area contributed by atoms with Gasteiger partial charge in [-0.3, -0.25) is 4.90 Å². The molecule has 0 aromatic heterocycles. The molecule has 1 saturated heterocycles. The lowest BCUT2D eigenvalue weighted by Gasteiger charge is -2.39. The fourth-order valence-corrected chi connectivity index (χ4v) is 2.19. The van der Waals surface area contributed by atoms with E-state index in [0.29, 0.717) is 5.84 Å². The van der Waals surface area contributed by atoms with E-state index in [2.05, 4.69) is 10.1 Å². The molecule has 5 nitrogen and oxygen atoms in total. The third-order valence-corrected chi connectivity index (χ3v) is 2.73. The maximum absolute atomic E-state index is 8.70. The summed E-state index contributed by atoms with van der Waals surface area (Å²) in [6.07, 6.45) is 1.25. The van der Waals surface area contributed by atoms with Gasteiger partial charge in [0.25, 0.3) is 0 Å². The van der Waals surface area contributed by atoms with Gasteiger partial charge in [0.05, 0.1) is 18.2 Å². The molecule has 1 aliphatic rings. The zero-order valence-corrected chi connectivity index (χ0v) is 9.68. The average molecular weight is 215 g/mol. The van der Waals surface area contributed by atoms with Gasteiger partial charge in [-0.15, -0.1) is 0 Å². The summed E-state index contributed by atoms with van der Waals surface area (Å²) < 4.78 is 5.64. The van der Waals surface area contributed by atoms with Gasteiger partial charge in [0.2, 0.25) is 0 Å². The van der Waals surface area contributed by atoms with E-state index in [0.717, 1.165) is 19.5 Å². The number of nitrogens with zero attached hydrogens (tertiary/aromatic N) is 2. The Balaban J connectivity index is 2.67. The van der Waals surface area contributed by atoms with Crippen molar-refractivity contribution in [3.63, 3.8) is 0 Å². The van der Waals surface area contributed by atoms with Crippen LogP contribution in [0.5, 0.6) is 0 Å². The number of hydrogen-bond donors (Lipinski definition) is 2. The Morgan fingerprint density at radius 3 is 2.47 bits per heavy atom. The third-order valence-electron chi connectivity index (χ3n) is 2.73. The lowest BCUT2D eigenvalue weighted by molar-refractivity contribution is -0.0738. The predicted molar refractivity (Wildman–Crippen MR) is 59.1 cm³/mol. The lowest BCUT2D eigenvalue weighted by atomic mass is 10.1. The van der Waals surface area contributed by atoms with Crippen molar-refractivity contribution in [3.8, 4) is 0 Å². The number of ether oxygens (including phenoxy) is 1. The first-order chi connectivity index (χ1) is 7.08. The first kappa shape index (κ1) is 12.3. The number of oxime groups is 1. The van der Waals surface area contributed by atoms with E-state index in [1.165, 1.54) is 0 Å². The monoisotopic (exact) mass is 215 g/mol. The minimum atomic E-state index is 0.0174. The van der Waals surface area contributed by atoms with Crippen molar-refractivity contribution in [1.82, 2.24) is 4.90 Å². The molecule has 0 saturated carbocycles. The lowest BCUT2D eigenvalue weighted by Crippen LogP contribution is -2.54. The SMILES string of the molecule is CCC(C(N)=NO)N1CC(C)OC(C)C1. The molecule has 0 bridgehead atoms. The van der Waals surface area contributed by atoms with Crippen molar-refractivity contribution in [1.29, 1.82) is 0 Å². The molecule has 3 N–H and O–H groups in total. The van der Waals surface area contributed by atoms with Gasteiger partial charge in [-0.2, -0.15) is 0 Å². The van der Waals surface area contributed by atoms with E-state index in [4.69, 9.17) is 15.7 Å². The van der Waals surface area contributed by atoms with Gasteiger partial charge in [0.15, 0.2) is 5.84 Å². The molecule has 0 aromatic rings. The summed E-state index contributed by atoms with van der Waals surface area (Å²) in [7, 11) is 0. The third kappa shape index (κ3) is 3.07. The molecule has 0 amide bonds. The summed E-state index contributed by atoms with van der Waals surface area (Å²) in [5.41, 5.74) is 5.67. The van der Waals surface area contributed by atoms with Crippen LogP contribution >= 0.6 is 0 Å². The Labute approximate surface area is 90.9 Å². The molecule has 0 aliphatic carbocycles. The van der Waals surface area contributed by atoms with Crippen LogP contribution in [-0.4, -0.2) is 47.3 Å². The Bertz CT molecular complexity index is 223. The van der Waals surface area contributed by atoms with E-state index in [1.807, 2.05) is 20.8 Å². The van der Waals surface area contributed by atoms with Gasteiger partial charge in [-0.25, -0.2) is 0 Å². The number of hydrogen-bond acceptors (Lipinski definition) is 4. The molecule has 3 atom stereocenters. The second-order valence-electron chi connectivity index (χ2n) is 4.16. The average Bonchev–Trinajstić information content (AvgIpc) is 2.17. The van der Waals surface area contributed by atoms with Crippen molar-refractivity contribution in [3.05, 3.63) is 0 Å². The van der Waals surface area contributed by atoms with Gasteiger partial charge in [0.1, 0.15) is 0 Å². The van der Waals surface area contributed by atoms with Crippen LogP contribution in [0.25, 0.3) is 0 Å². The normalized spacial score (nSPS) is 31.5. The standard InChI is InChI=1S/C10H21N3O2/c1-4-9(10(11)12-14)13-5-7(2)15-8(3)6-13/h7-9,14H,4-6H2,1-3H3,(H2,11,12). The van der Waals surface area contributed by atoms with E-state index < -0.39 is 0 Å². The molecular weight excluding hydrogens is 194 g/mol. The highest BCUT2D eigenvalue weighted by Gasteiger charge is 2.29. The van der Waals surface area contributed by atoms with Crippen LogP contribution in [0.3, 0.4) is 0 Å². The number of rotatable bonds is 3. The van der Waals surface area contributed by atoms with Crippen LogP contribution in [0.1, 0.15) is 27.2 Å². The van der Waals surface area contributed by atoms with Crippen LogP contribution in [0, 0.1) is 0 Å². The maximum Gasteiger partial charge on any atom is 0.156 e. The summed E-state index contributed by atoms with van der Waals surface area (Å²) in [5.74, 6) is 0.291. The predicted octanol–water partition coefficient (Wildman–Crippen LogP) is 0.621. The Morgan fingerprint density at radius 2 is 2.07 bits per heavy atom. The summed E-state index contributed by atoms with van der Waals surface area (Å²) in [4.78, 5) is 2.22. The smallest absolute Gasteiger partial charge is 0.156 e. The highest BCUT2D eigenvalue weighted by molar-refractivity contribution is 5.85. The highest BCUT2D eigenvalue weighted by Crippen LogP contribution is 2.15. The second-order valence-corrected chi connectivity index (χ2v) is 4.16. The molecule has 1 rings (SSSR count). The fraction of sp³-hybridized carbons (Fsp3) is 0.900. The van der Waals surface area contributed by atoms with E-state index in [9.17, 15) is 0 Å². The topological polar surface area (TPSA) is 71.1 Å². The molecule has 3 unspecified atom stereocenters. The fourth-order valence-electron chi connectivity index (χ4n) is 2.19. The minimum Gasteiger partial charge on any atom is -0.409 e. The summed E-state index contributed by atoms with van der Waals surface area (Å²) in [6, 6.07) is 0.0174. The molecule has 88 valence electrons. The van der Waals surface area contributed by atoms with Gasteiger partial charge in [-0.1, -0.05) is 12.1 Å². The minimum absolute atomic E-state index is 0.0174. The van der Waals surface area contributed by atoms with Crippen LogP contribution in [-0.2, 0) is 4.74 Å². The zero-order chi connectivity index (χ0) is 11.4. The van der Waals surface area contributed by atoms with E-state index in [-0.39, 0.29) is 18.2 Å². The highest BCUT2D eigenvalue weighted by atomic mass is 16.5. The molecule has 1 heterocycles. The number of nitrogens with two attached hydrogens (primary N) is 1. The van der Waals surface area contributed by atoms with Gasteiger partial charge >= 0.3 is 0 Å². The van der Waals surface area contributed by atoms with Gasteiger partial charge in [-0.05, 0) is 20.3 Å². The molecule has 0 radical (unpaired) electrons. The molecule has 0 spiro atoms. The second kappa shape index (κ2) is 5.32. The molecule has 1 fully saturated rings. The Kier molecular flexibility index (Phi) is 4.35. The van der Waals surface area contributed by atoms with Gasteiger partial charge in [0, 0.05) is 13.1 Å². The molecule has 15 heavy (non-hydrogen) atoms. The van der Waals surface area contributed by atoms with Crippen LogP contribution < -0.4 is 5.73 Å². The van der Waals surface area contributed by atoms with Crippen LogP contribution in [0.2, 0.25) is 0 Å². The molecule has 0 aromatic carbocycles. The molecule has 1 aliphatic heterocycles. The summed E-state index contributed by atoms with van der Waals surface area (Å²) in [5, 5.41) is 11.8. The first-order valence-corrected chi connectivity index (χ1v) is 5.45. The van der Waals surface area contributed by atoms with E-state index in [1.54, 1.807) is 0 Å². The van der Waals surface area contributed by atoms with Crippen molar-refractivity contribution >= 4 is 5.84 Å². The largest absolute Gasteiger partial charge is 0.409 e. The zero-order valence-electron chi connectivity index (χ0n) is 9.68. The number of amidine groups is 1. The van der Waals surface area contributed by atoms with Crippen molar-refractivity contribution < 1.29 is 9.94 Å². The van der Waals surface area contributed by atoms with Crippen LogP contribution in [0.15, 0.2) is 5.16 Å². The maximum atomic E-state index is 8.70. The first-order valence-electron chi connectivity index (χ1n) is 5.45. The Morgan fingerprint density at radius 1 is 1.53 bits per heavy atom.